The molecular formula is C12H10ClN5O3S. The van der Waals surface area contributed by atoms with Gasteiger partial charge in [-0.3, -0.25) is 4.79 Å². The van der Waals surface area contributed by atoms with E-state index in [1.807, 2.05) is 0 Å². The summed E-state index contributed by atoms with van der Waals surface area (Å²) in [5, 5.41) is 3.73. The Morgan fingerprint density at radius 1 is 1.27 bits per heavy atom. The van der Waals surface area contributed by atoms with E-state index in [0.717, 1.165) is 16.3 Å². The standard InChI is InChI=1S/C12H10ClN5O3S/c1-22(20,21)11-15-12-17(5-4-10(19)18(12)16-11)7-8-2-3-9(13)14-6-8/h2-6H,7H2,1H3. The molecule has 0 saturated carbocycles. The van der Waals surface area contributed by atoms with Gasteiger partial charge in [0.2, 0.25) is 15.6 Å². The Bertz CT molecular complexity index is 1010. The molecule has 0 fully saturated rings. The van der Waals surface area contributed by atoms with Crippen LogP contribution in [0.5, 0.6) is 0 Å². The van der Waals surface area contributed by atoms with E-state index in [1.54, 1.807) is 22.9 Å². The van der Waals surface area contributed by atoms with Crippen molar-refractivity contribution in [3.05, 3.63) is 51.7 Å². The Labute approximate surface area is 129 Å². The van der Waals surface area contributed by atoms with Gasteiger partial charge in [-0.05, 0) is 11.6 Å². The van der Waals surface area contributed by atoms with E-state index >= 15 is 0 Å². The van der Waals surface area contributed by atoms with Gasteiger partial charge in [0.15, 0.2) is 0 Å². The second kappa shape index (κ2) is 5.18. The molecule has 22 heavy (non-hydrogen) atoms. The molecule has 0 atom stereocenters. The highest BCUT2D eigenvalue weighted by molar-refractivity contribution is 7.90. The first-order valence-corrected chi connectivity index (χ1v) is 8.38. The molecule has 0 unspecified atom stereocenters. The minimum atomic E-state index is -3.60. The van der Waals surface area contributed by atoms with E-state index in [-0.39, 0.29) is 5.78 Å². The van der Waals surface area contributed by atoms with Crippen molar-refractivity contribution in [2.75, 3.05) is 6.26 Å². The Balaban J connectivity index is 2.14. The lowest BCUT2D eigenvalue weighted by molar-refractivity contribution is 0.592. The molecule has 0 aliphatic rings. The number of hydrogen-bond donors (Lipinski definition) is 0. The Hall–Kier alpha value is -2.26. The molecule has 3 rings (SSSR count). The van der Waals surface area contributed by atoms with Crippen molar-refractivity contribution in [3.63, 3.8) is 0 Å². The molecule has 0 amide bonds. The SMILES string of the molecule is CS(=O)(=O)c1nc2n(Cc3ccc(Cl)nc3)ccc(=O)n2n1. The predicted molar refractivity (Wildman–Crippen MR) is 78.7 cm³/mol. The van der Waals surface area contributed by atoms with Crippen molar-refractivity contribution in [1.82, 2.24) is 24.1 Å². The minimum Gasteiger partial charge on any atom is -0.312 e. The van der Waals surface area contributed by atoms with E-state index in [4.69, 9.17) is 11.6 Å². The van der Waals surface area contributed by atoms with Crippen LogP contribution in [-0.2, 0) is 16.4 Å². The topological polar surface area (TPSA) is 99.2 Å². The third-order valence-electron chi connectivity index (χ3n) is 2.91. The van der Waals surface area contributed by atoms with Gasteiger partial charge < -0.3 is 4.57 Å². The largest absolute Gasteiger partial charge is 0.312 e. The van der Waals surface area contributed by atoms with Gasteiger partial charge >= 0.3 is 0 Å². The zero-order valence-electron chi connectivity index (χ0n) is 11.3. The van der Waals surface area contributed by atoms with Crippen LogP contribution in [0.1, 0.15) is 5.56 Å². The van der Waals surface area contributed by atoms with Gasteiger partial charge in [-0.15, -0.1) is 5.10 Å². The summed E-state index contributed by atoms with van der Waals surface area (Å²) in [6.45, 7) is 0.343. The first-order valence-electron chi connectivity index (χ1n) is 6.11. The molecule has 114 valence electrons. The average molecular weight is 340 g/mol. The highest BCUT2D eigenvalue weighted by Gasteiger charge is 2.17. The summed E-state index contributed by atoms with van der Waals surface area (Å²) in [4.78, 5) is 19.7. The number of hydrogen-bond acceptors (Lipinski definition) is 6. The maximum absolute atomic E-state index is 11.8. The quantitative estimate of drug-likeness (QED) is 0.640. The first kappa shape index (κ1) is 14.7. The maximum atomic E-state index is 11.8. The molecule has 0 saturated heterocycles. The van der Waals surface area contributed by atoms with Gasteiger partial charge in [-0.2, -0.15) is 9.50 Å². The normalized spacial score (nSPS) is 11.9. The third kappa shape index (κ3) is 2.72. The van der Waals surface area contributed by atoms with Crippen LogP contribution in [0.2, 0.25) is 5.15 Å². The summed E-state index contributed by atoms with van der Waals surface area (Å²) >= 11 is 5.73. The van der Waals surface area contributed by atoms with Crippen LogP contribution in [0.15, 0.2) is 40.5 Å². The Morgan fingerprint density at radius 2 is 2.05 bits per heavy atom. The van der Waals surface area contributed by atoms with E-state index < -0.39 is 20.6 Å². The van der Waals surface area contributed by atoms with E-state index in [0.29, 0.717) is 11.7 Å². The lowest BCUT2D eigenvalue weighted by Crippen LogP contribution is -2.18. The molecule has 0 aliphatic carbocycles. The molecule has 8 nitrogen and oxygen atoms in total. The fourth-order valence-electron chi connectivity index (χ4n) is 1.89. The van der Waals surface area contributed by atoms with Gasteiger partial charge in [0.1, 0.15) is 5.15 Å². The molecule has 3 aromatic rings. The van der Waals surface area contributed by atoms with Crippen LogP contribution >= 0.6 is 11.6 Å². The highest BCUT2D eigenvalue weighted by Crippen LogP contribution is 2.10. The number of nitrogens with zero attached hydrogens (tertiary/aromatic N) is 5. The number of sulfone groups is 1. The van der Waals surface area contributed by atoms with Crippen LogP contribution in [0, 0.1) is 0 Å². The van der Waals surface area contributed by atoms with Crippen molar-refractivity contribution in [3.8, 4) is 0 Å². The van der Waals surface area contributed by atoms with E-state index in [1.165, 1.54) is 12.3 Å². The Morgan fingerprint density at radius 3 is 2.68 bits per heavy atom. The summed E-state index contributed by atoms with van der Waals surface area (Å²) < 4.78 is 25.7. The average Bonchev–Trinajstić information content (AvgIpc) is 2.90. The van der Waals surface area contributed by atoms with Gasteiger partial charge in [-0.25, -0.2) is 13.4 Å². The molecule has 0 N–H and O–H groups in total. The molecule has 0 radical (unpaired) electrons. The molecular weight excluding hydrogens is 330 g/mol. The van der Waals surface area contributed by atoms with E-state index in [2.05, 4.69) is 15.1 Å². The second-order valence-electron chi connectivity index (χ2n) is 4.65. The number of aromatic nitrogens is 5. The minimum absolute atomic E-state index is 0.142. The van der Waals surface area contributed by atoms with Gasteiger partial charge in [0.05, 0.1) is 6.54 Å². The summed E-state index contributed by atoms with van der Waals surface area (Å²) in [5.74, 6) is 0.142. The number of halogens is 1. The zero-order chi connectivity index (χ0) is 15.9. The molecule has 3 heterocycles. The number of fused-ring (bicyclic) bond motifs is 1. The predicted octanol–water partition coefficient (Wildman–Crippen LogP) is 0.391. The van der Waals surface area contributed by atoms with Crippen molar-refractivity contribution in [2.45, 2.75) is 11.7 Å². The van der Waals surface area contributed by atoms with Gasteiger partial charge in [-0.1, -0.05) is 17.7 Å². The fraction of sp³-hybridized carbons (Fsp3) is 0.167. The lowest BCUT2D eigenvalue weighted by atomic mass is 10.3. The molecule has 0 aliphatic heterocycles. The summed E-state index contributed by atoms with van der Waals surface area (Å²) in [6, 6.07) is 4.71. The van der Waals surface area contributed by atoms with Crippen molar-refractivity contribution >= 4 is 27.2 Å². The zero-order valence-corrected chi connectivity index (χ0v) is 12.9. The van der Waals surface area contributed by atoms with E-state index in [9.17, 15) is 13.2 Å². The van der Waals surface area contributed by atoms with Gasteiger partial charge in [0, 0.05) is 24.7 Å². The summed E-state index contributed by atoms with van der Waals surface area (Å²) in [6.07, 6.45) is 4.09. The summed E-state index contributed by atoms with van der Waals surface area (Å²) in [7, 11) is -3.60. The lowest BCUT2D eigenvalue weighted by Gasteiger charge is -2.06. The smallest absolute Gasteiger partial charge is 0.275 e. The highest BCUT2D eigenvalue weighted by atomic mass is 35.5. The number of rotatable bonds is 3. The number of pyridine rings is 1. The molecule has 0 bridgehead atoms. The van der Waals surface area contributed by atoms with Crippen LogP contribution in [0.25, 0.3) is 5.78 Å². The summed E-state index contributed by atoms with van der Waals surface area (Å²) in [5.41, 5.74) is 0.363. The maximum Gasteiger partial charge on any atom is 0.275 e. The first-order chi connectivity index (χ1) is 10.3. The molecule has 0 spiro atoms. The molecule has 3 aromatic heterocycles. The van der Waals surface area contributed by atoms with Gasteiger partial charge in [0.25, 0.3) is 10.7 Å². The van der Waals surface area contributed by atoms with Crippen LogP contribution in [-0.4, -0.2) is 38.8 Å². The van der Waals surface area contributed by atoms with Crippen LogP contribution in [0.4, 0.5) is 0 Å². The molecule has 0 aromatic carbocycles. The Kier molecular flexibility index (Phi) is 3.45. The van der Waals surface area contributed by atoms with Crippen molar-refractivity contribution in [2.24, 2.45) is 0 Å². The van der Waals surface area contributed by atoms with Crippen LogP contribution < -0.4 is 5.56 Å². The fourth-order valence-corrected chi connectivity index (χ4v) is 2.48. The van der Waals surface area contributed by atoms with Crippen molar-refractivity contribution in [1.29, 1.82) is 0 Å². The third-order valence-corrected chi connectivity index (χ3v) is 3.97. The second-order valence-corrected chi connectivity index (χ2v) is 6.95. The van der Waals surface area contributed by atoms with Crippen LogP contribution in [0.3, 0.4) is 0 Å². The molecule has 10 heteroatoms. The van der Waals surface area contributed by atoms with Crippen molar-refractivity contribution < 1.29 is 8.42 Å². The monoisotopic (exact) mass is 339 g/mol.